The van der Waals surface area contributed by atoms with Crippen LogP contribution in [0, 0.1) is 39.1 Å². The quantitative estimate of drug-likeness (QED) is 0.482. The van der Waals surface area contributed by atoms with Gasteiger partial charge >= 0.3 is 5.97 Å². The minimum atomic E-state index is -0.778. The number of anilines is 1. The number of halogens is 1. The van der Waals surface area contributed by atoms with Crippen LogP contribution >= 0.6 is 0 Å². The topological polar surface area (TPSA) is 98.5 Å². The lowest BCUT2D eigenvalue weighted by Crippen LogP contribution is -2.50. The highest BCUT2D eigenvalue weighted by atomic mass is 19.1. The molecule has 4 bridgehead atoms. The number of nitro groups is 1. The second-order valence-electron chi connectivity index (χ2n) is 8.24. The number of hydrogen-bond acceptors (Lipinski definition) is 5. The Morgan fingerprint density at radius 1 is 1.19 bits per heavy atom. The van der Waals surface area contributed by atoms with Crippen LogP contribution in [0.2, 0.25) is 0 Å². The second kappa shape index (κ2) is 6.58. The van der Waals surface area contributed by atoms with Gasteiger partial charge < -0.3 is 10.1 Å². The van der Waals surface area contributed by atoms with Gasteiger partial charge in [0.2, 0.25) is 0 Å². The van der Waals surface area contributed by atoms with Gasteiger partial charge in [0.1, 0.15) is 11.5 Å². The van der Waals surface area contributed by atoms with E-state index in [0.29, 0.717) is 17.8 Å². The van der Waals surface area contributed by atoms with Gasteiger partial charge in [0.15, 0.2) is 6.61 Å². The molecule has 0 aliphatic heterocycles. The molecule has 5 rings (SSSR count). The normalized spacial score (nSPS) is 30.8. The summed E-state index contributed by atoms with van der Waals surface area (Å²) in [5, 5.41) is 13.3. The summed E-state index contributed by atoms with van der Waals surface area (Å²) in [7, 11) is 0. The number of ether oxygens (including phenoxy) is 1. The molecule has 1 aromatic carbocycles. The smallest absolute Gasteiger partial charge is 0.312 e. The first-order valence-corrected chi connectivity index (χ1v) is 9.26. The monoisotopic (exact) mass is 376 g/mol. The van der Waals surface area contributed by atoms with E-state index in [9.17, 15) is 24.1 Å². The summed E-state index contributed by atoms with van der Waals surface area (Å²) < 4.78 is 18.5. The van der Waals surface area contributed by atoms with Gasteiger partial charge in [-0.3, -0.25) is 19.7 Å². The largest absolute Gasteiger partial charge is 0.455 e. The minimum absolute atomic E-state index is 0.128. The van der Waals surface area contributed by atoms with E-state index in [0.717, 1.165) is 37.5 Å². The zero-order chi connectivity index (χ0) is 19.2. The molecular formula is C19H21FN2O5. The lowest BCUT2D eigenvalue weighted by Gasteiger charge is -2.55. The molecule has 8 heteroatoms. The van der Waals surface area contributed by atoms with Crippen molar-refractivity contribution in [2.45, 2.75) is 38.5 Å². The standard InChI is InChI=1S/C19H21FN2O5/c20-14-1-2-15(16(6-14)22(25)26)21-17(23)10-27-18(24)19-7-11-3-12(8-19)5-13(4-11)9-19/h1-2,6,11-13H,3-5,7-10H2,(H,21,23). The summed E-state index contributed by atoms with van der Waals surface area (Å²) in [6.45, 7) is -0.505. The number of hydrogen-bond donors (Lipinski definition) is 1. The van der Waals surface area contributed by atoms with E-state index in [2.05, 4.69) is 5.32 Å². The number of nitrogens with zero attached hydrogens (tertiary/aromatic N) is 1. The fraction of sp³-hybridized carbons (Fsp3) is 0.579. The summed E-state index contributed by atoms with van der Waals surface area (Å²) in [6.07, 6.45) is 6.10. The Kier molecular flexibility index (Phi) is 4.36. The van der Waals surface area contributed by atoms with Crippen LogP contribution < -0.4 is 5.32 Å². The molecule has 1 N–H and O–H groups in total. The molecular weight excluding hydrogens is 355 g/mol. The Balaban J connectivity index is 1.37. The van der Waals surface area contributed by atoms with E-state index in [-0.39, 0.29) is 11.7 Å². The van der Waals surface area contributed by atoms with E-state index < -0.39 is 34.4 Å². The molecule has 0 unspecified atom stereocenters. The number of rotatable bonds is 5. The van der Waals surface area contributed by atoms with Crippen molar-refractivity contribution in [2.24, 2.45) is 23.2 Å². The Labute approximate surface area is 155 Å². The van der Waals surface area contributed by atoms with Gasteiger partial charge in [-0.1, -0.05) is 0 Å². The Bertz CT molecular complexity index is 774. The number of carbonyl (C=O) groups is 2. The molecule has 4 fully saturated rings. The molecule has 7 nitrogen and oxygen atoms in total. The average molecular weight is 376 g/mol. The molecule has 1 aromatic rings. The summed E-state index contributed by atoms with van der Waals surface area (Å²) in [5.74, 6) is -0.0282. The third-order valence-corrected chi connectivity index (χ3v) is 6.24. The van der Waals surface area contributed by atoms with Gasteiger partial charge in [-0.05, 0) is 68.4 Å². The van der Waals surface area contributed by atoms with E-state index in [1.807, 2.05) is 0 Å². The highest BCUT2D eigenvalue weighted by molar-refractivity contribution is 5.95. The molecule has 1 amide bonds. The van der Waals surface area contributed by atoms with Gasteiger partial charge in [0.25, 0.3) is 11.6 Å². The third kappa shape index (κ3) is 3.40. The molecule has 4 aliphatic rings. The van der Waals surface area contributed by atoms with Crippen molar-refractivity contribution >= 4 is 23.3 Å². The highest BCUT2D eigenvalue weighted by Gasteiger charge is 2.55. The lowest BCUT2D eigenvalue weighted by atomic mass is 9.49. The summed E-state index contributed by atoms with van der Waals surface area (Å²) in [6, 6.07) is 2.87. The van der Waals surface area contributed by atoms with Crippen molar-refractivity contribution in [1.82, 2.24) is 0 Å². The molecule has 0 radical (unpaired) electrons. The van der Waals surface area contributed by atoms with Crippen LogP contribution in [0.5, 0.6) is 0 Å². The molecule has 0 atom stereocenters. The number of amides is 1. The van der Waals surface area contributed by atoms with E-state index in [1.165, 1.54) is 19.3 Å². The van der Waals surface area contributed by atoms with Crippen molar-refractivity contribution in [3.63, 3.8) is 0 Å². The Hall–Kier alpha value is -2.51. The summed E-state index contributed by atoms with van der Waals surface area (Å²) >= 11 is 0. The Morgan fingerprint density at radius 2 is 1.78 bits per heavy atom. The van der Waals surface area contributed by atoms with Gasteiger partial charge in [-0.2, -0.15) is 0 Å². The maximum absolute atomic E-state index is 13.2. The van der Waals surface area contributed by atoms with Crippen LogP contribution in [-0.4, -0.2) is 23.4 Å². The second-order valence-corrected chi connectivity index (χ2v) is 8.24. The van der Waals surface area contributed by atoms with Crippen molar-refractivity contribution in [3.8, 4) is 0 Å². The fourth-order valence-corrected chi connectivity index (χ4v) is 5.59. The van der Waals surface area contributed by atoms with Gasteiger partial charge in [0.05, 0.1) is 16.4 Å². The van der Waals surface area contributed by atoms with Crippen LogP contribution in [0.25, 0.3) is 0 Å². The number of esters is 1. The predicted octanol–water partition coefficient (Wildman–Crippen LogP) is 3.43. The van der Waals surface area contributed by atoms with Gasteiger partial charge in [0, 0.05) is 0 Å². The van der Waals surface area contributed by atoms with Crippen LogP contribution in [-0.2, 0) is 14.3 Å². The van der Waals surface area contributed by atoms with E-state index >= 15 is 0 Å². The van der Waals surface area contributed by atoms with Gasteiger partial charge in [-0.15, -0.1) is 0 Å². The van der Waals surface area contributed by atoms with Gasteiger partial charge in [-0.25, -0.2) is 4.39 Å². The van der Waals surface area contributed by atoms with Crippen LogP contribution in [0.1, 0.15) is 38.5 Å². The first-order chi connectivity index (χ1) is 12.8. The van der Waals surface area contributed by atoms with E-state index in [1.54, 1.807) is 0 Å². The first-order valence-electron chi connectivity index (χ1n) is 9.26. The summed E-state index contributed by atoms with van der Waals surface area (Å²) in [4.78, 5) is 35.0. The zero-order valence-electron chi connectivity index (χ0n) is 14.8. The lowest BCUT2D eigenvalue weighted by molar-refractivity contribution is -0.384. The maximum Gasteiger partial charge on any atom is 0.312 e. The molecule has 4 saturated carbocycles. The molecule has 0 saturated heterocycles. The molecule has 0 spiro atoms. The molecule has 4 aliphatic carbocycles. The number of nitrogens with one attached hydrogen (secondary N) is 1. The average Bonchev–Trinajstić information content (AvgIpc) is 2.60. The van der Waals surface area contributed by atoms with Crippen LogP contribution in [0.4, 0.5) is 15.8 Å². The fourth-order valence-electron chi connectivity index (χ4n) is 5.59. The highest BCUT2D eigenvalue weighted by Crippen LogP contribution is 2.60. The number of carbonyl (C=O) groups excluding carboxylic acids is 2. The molecule has 0 aromatic heterocycles. The van der Waals surface area contributed by atoms with Crippen molar-refractivity contribution in [3.05, 3.63) is 34.1 Å². The van der Waals surface area contributed by atoms with Crippen molar-refractivity contribution in [2.75, 3.05) is 11.9 Å². The number of nitro benzene ring substituents is 1. The zero-order valence-corrected chi connectivity index (χ0v) is 14.8. The minimum Gasteiger partial charge on any atom is -0.455 e. The third-order valence-electron chi connectivity index (χ3n) is 6.24. The molecule has 0 heterocycles. The first kappa shape index (κ1) is 17.9. The predicted molar refractivity (Wildman–Crippen MR) is 93.2 cm³/mol. The molecule has 27 heavy (non-hydrogen) atoms. The molecule has 144 valence electrons. The number of benzene rings is 1. The Morgan fingerprint density at radius 3 is 2.33 bits per heavy atom. The van der Waals surface area contributed by atoms with Crippen molar-refractivity contribution in [1.29, 1.82) is 0 Å². The summed E-state index contributed by atoms with van der Waals surface area (Å²) in [5.41, 5.74) is -1.13. The van der Waals surface area contributed by atoms with Crippen LogP contribution in [0.3, 0.4) is 0 Å². The SMILES string of the molecule is O=C(COC(=O)C12CC3CC(CC(C3)C1)C2)Nc1ccc(F)cc1[N+](=O)[O-]. The maximum atomic E-state index is 13.2. The van der Waals surface area contributed by atoms with Crippen molar-refractivity contribution < 1.29 is 23.6 Å². The van der Waals surface area contributed by atoms with Crippen LogP contribution in [0.15, 0.2) is 18.2 Å². The van der Waals surface area contributed by atoms with E-state index in [4.69, 9.17) is 4.74 Å².